The number of rotatable bonds is 6. The molecule has 3 rings (SSSR count). The number of amides is 1. The number of hydrogen-bond donors (Lipinski definition) is 1. The number of fused-ring (bicyclic) bond motifs is 1. The van der Waals surface area contributed by atoms with E-state index in [0.717, 1.165) is 35.4 Å². The number of pyridine rings is 1. The summed E-state index contributed by atoms with van der Waals surface area (Å²) in [6.45, 7) is 5.15. The minimum Gasteiger partial charge on any atom is -0.381 e. The van der Waals surface area contributed by atoms with Crippen LogP contribution in [0.5, 0.6) is 0 Å². The van der Waals surface area contributed by atoms with E-state index < -0.39 is 0 Å². The fourth-order valence-electron chi connectivity index (χ4n) is 3.00. The molecule has 2 aromatic rings. The molecule has 1 aliphatic heterocycles. The first-order valence-corrected chi connectivity index (χ1v) is 8.30. The number of nitrogens with zero attached hydrogens (tertiary/aromatic N) is 2. The molecule has 0 spiro atoms. The zero-order valence-corrected chi connectivity index (χ0v) is 13.5. The molecule has 1 saturated heterocycles. The molecular formula is C18H23N3O2. The van der Waals surface area contributed by atoms with E-state index in [1.165, 1.54) is 12.8 Å². The first-order valence-electron chi connectivity index (χ1n) is 8.30. The average Bonchev–Trinajstić information content (AvgIpc) is 3.10. The lowest BCUT2D eigenvalue weighted by Gasteiger charge is -2.20. The van der Waals surface area contributed by atoms with Gasteiger partial charge in [0.15, 0.2) is 0 Å². The summed E-state index contributed by atoms with van der Waals surface area (Å²) in [6, 6.07) is 7.97. The van der Waals surface area contributed by atoms with Crippen molar-refractivity contribution in [1.29, 1.82) is 0 Å². The zero-order chi connectivity index (χ0) is 16.1. The number of aromatic nitrogens is 1. The Morgan fingerprint density at radius 3 is 2.91 bits per heavy atom. The Morgan fingerprint density at radius 2 is 2.13 bits per heavy atom. The predicted octanol–water partition coefficient (Wildman–Crippen LogP) is 3.20. The van der Waals surface area contributed by atoms with Crippen molar-refractivity contribution in [1.82, 2.24) is 4.98 Å². The van der Waals surface area contributed by atoms with E-state index in [0.29, 0.717) is 19.6 Å². The smallest absolute Gasteiger partial charge is 0.226 e. The highest BCUT2D eigenvalue weighted by atomic mass is 16.5. The molecule has 0 unspecified atom stereocenters. The van der Waals surface area contributed by atoms with Crippen LogP contribution in [0.3, 0.4) is 0 Å². The molecule has 0 aliphatic carbocycles. The zero-order valence-electron chi connectivity index (χ0n) is 13.5. The highest BCUT2D eigenvalue weighted by molar-refractivity contribution is 6.05. The number of hydrogen-bond acceptors (Lipinski definition) is 4. The van der Waals surface area contributed by atoms with Crippen molar-refractivity contribution < 1.29 is 9.53 Å². The number of carbonyl (C=O) groups excluding carboxylic acids is 1. The van der Waals surface area contributed by atoms with Gasteiger partial charge in [0.2, 0.25) is 5.91 Å². The number of benzene rings is 1. The lowest BCUT2D eigenvalue weighted by atomic mass is 10.1. The van der Waals surface area contributed by atoms with E-state index >= 15 is 0 Å². The Labute approximate surface area is 136 Å². The largest absolute Gasteiger partial charge is 0.381 e. The molecule has 1 fully saturated rings. The quantitative estimate of drug-likeness (QED) is 0.832. The fourth-order valence-corrected chi connectivity index (χ4v) is 3.00. The third kappa shape index (κ3) is 3.62. The molecule has 1 N–H and O–H groups in total. The Bertz CT molecular complexity index is 681. The first kappa shape index (κ1) is 15.7. The van der Waals surface area contributed by atoms with E-state index in [2.05, 4.69) is 21.3 Å². The molecule has 1 aromatic heterocycles. The van der Waals surface area contributed by atoms with Crippen molar-refractivity contribution in [3.8, 4) is 0 Å². The third-order valence-corrected chi connectivity index (χ3v) is 4.15. The maximum absolute atomic E-state index is 12.1. The van der Waals surface area contributed by atoms with E-state index in [9.17, 15) is 4.79 Å². The lowest BCUT2D eigenvalue weighted by molar-refractivity contribution is -0.117. The van der Waals surface area contributed by atoms with E-state index in [1.54, 1.807) is 0 Å². The van der Waals surface area contributed by atoms with E-state index in [1.807, 2.05) is 31.3 Å². The number of ether oxygens (including phenoxy) is 1. The van der Waals surface area contributed by atoms with Crippen LogP contribution in [0.15, 0.2) is 30.5 Å². The fraction of sp³-hybridized carbons (Fsp3) is 0.444. The van der Waals surface area contributed by atoms with Crippen molar-refractivity contribution >= 4 is 28.2 Å². The van der Waals surface area contributed by atoms with Gasteiger partial charge in [-0.3, -0.25) is 9.78 Å². The monoisotopic (exact) mass is 313 g/mol. The lowest BCUT2D eigenvalue weighted by Crippen LogP contribution is -2.19. The highest BCUT2D eigenvalue weighted by Gasteiger charge is 2.17. The number of nitrogens with one attached hydrogen (secondary N) is 1. The topological polar surface area (TPSA) is 54.5 Å². The van der Waals surface area contributed by atoms with Gasteiger partial charge in [-0.15, -0.1) is 0 Å². The van der Waals surface area contributed by atoms with E-state index in [-0.39, 0.29) is 5.91 Å². The van der Waals surface area contributed by atoms with Crippen LogP contribution in [0.2, 0.25) is 0 Å². The van der Waals surface area contributed by atoms with Crippen LogP contribution in [0, 0.1) is 0 Å². The first-order chi connectivity index (χ1) is 11.3. The predicted molar refractivity (Wildman–Crippen MR) is 92.9 cm³/mol. The van der Waals surface area contributed by atoms with Crippen molar-refractivity contribution in [2.24, 2.45) is 0 Å². The van der Waals surface area contributed by atoms with Gasteiger partial charge in [0, 0.05) is 31.3 Å². The number of carbonyl (C=O) groups is 1. The van der Waals surface area contributed by atoms with Crippen LogP contribution in [0.4, 0.5) is 11.4 Å². The van der Waals surface area contributed by atoms with Crippen LogP contribution in [0.1, 0.15) is 26.2 Å². The summed E-state index contributed by atoms with van der Waals surface area (Å²) < 4.78 is 5.24. The van der Waals surface area contributed by atoms with Gasteiger partial charge in [-0.05, 0) is 44.0 Å². The van der Waals surface area contributed by atoms with Crippen molar-refractivity contribution in [2.75, 3.05) is 36.5 Å². The van der Waals surface area contributed by atoms with E-state index in [4.69, 9.17) is 4.74 Å². The Hall–Kier alpha value is -2.14. The highest BCUT2D eigenvalue weighted by Crippen LogP contribution is 2.32. The molecule has 1 aliphatic rings. The molecular weight excluding hydrogens is 290 g/mol. The maximum Gasteiger partial charge on any atom is 0.226 e. The average molecular weight is 313 g/mol. The summed E-state index contributed by atoms with van der Waals surface area (Å²) in [5.74, 6) is -0.0301. The van der Waals surface area contributed by atoms with Crippen LogP contribution in [-0.4, -0.2) is 37.2 Å². The molecule has 122 valence electrons. The van der Waals surface area contributed by atoms with Crippen LogP contribution >= 0.6 is 0 Å². The standard InChI is InChI=1S/C18H23N3O2/c1-2-23-13-9-17(22)20-15-7-8-16(21-11-3-4-12-21)18-14(15)6-5-10-19-18/h5-8,10H,2-4,9,11-13H2,1H3,(H,20,22). The van der Waals surface area contributed by atoms with Gasteiger partial charge in [0.05, 0.1) is 29.9 Å². The van der Waals surface area contributed by atoms with Crippen LogP contribution in [-0.2, 0) is 9.53 Å². The summed E-state index contributed by atoms with van der Waals surface area (Å²) in [4.78, 5) is 19.0. The molecule has 2 heterocycles. The summed E-state index contributed by atoms with van der Waals surface area (Å²) in [7, 11) is 0. The summed E-state index contributed by atoms with van der Waals surface area (Å²) in [5.41, 5.74) is 2.93. The van der Waals surface area contributed by atoms with Gasteiger partial charge >= 0.3 is 0 Å². The molecule has 0 bridgehead atoms. The van der Waals surface area contributed by atoms with Gasteiger partial charge in [0.25, 0.3) is 0 Å². The third-order valence-electron chi connectivity index (χ3n) is 4.15. The SMILES string of the molecule is CCOCCC(=O)Nc1ccc(N2CCCC2)c2ncccc12. The molecule has 0 saturated carbocycles. The van der Waals surface area contributed by atoms with Crippen molar-refractivity contribution in [3.05, 3.63) is 30.5 Å². The normalized spacial score (nSPS) is 14.4. The van der Waals surface area contributed by atoms with Gasteiger partial charge in [-0.1, -0.05) is 0 Å². The Morgan fingerprint density at radius 1 is 1.30 bits per heavy atom. The molecule has 1 amide bonds. The summed E-state index contributed by atoms with van der Waals surface area (Å²) in [5, 5.41) is 3.97. The van der Waals surface area contributed by atoms with Crippen molar-refractivity contribution in [3.63, 3.8) is 0 Å². The molecule has 0 radical (unpaired) electrons. The second-order valence-corrected chi connectivity index (χ2v) is 5.72. The number of anilines is 2. The van der Waals surface area contributed by atoms with Gasteiger partial charge < -0.3 is 15.0 Å². The van der Waals surface area contributed by atoms with Gasteiger partial charge in [-0.25, -0.2) is 0 Å². The minimum absolute atomic E-state index is 0.0301. The van der Waals surface area contributed by atoms with Crippen molar-refractivity contribution in [2.45, 2.75) is 26.2 Å². The Kier molecular flexibility index (Phi) is 5.08. The molecule has 23 heavy (non-hydrogen) atoms. The Balaban J connectivity index is 1.84. The second kappa shape index (κ2) is 7.42. The second-order valence-electron chi connectivity index (χ2n) is 5.72. The molecule has 1 aromatic carbocycles. The van der Waals surface area contributed by atoms with Crippen LogP contribution < -0.4 is 10.2 Å². The molecule has 5 heteroatoms. The van der Waals surface area contributed by atoms with Crippen LogP contribution in [0.25, 0.3) is 10.9 Å². The van der Waals surface area contributed by atoms with Gasteiger partial charge in [0.1, 0.15) is 0 Å². The summed E-state index contributed by atoms with van der Waals surface area (Å²) in [6.07, 6.45) is 4.63. The molecule has 0 atom stereocenters. The maximum atomic E-state index is 12.1. The summed E-state index contributed by atoms with van der Waals surface area (Å²) >= 11 is 0. The molecule has 5 nitrogen and oxygen atoms in total. The van der Waals surface area contributed by atoms with Gasteiger partial charge in [-0.2, -0.15) is 0 Å². The minimum atomic E-state index is -0.0301.